The second-order valence-corrected chi connectivity index (χ2v) is 7.32. The summed E-state index contributed by atoms with van der Waals surface area (Å²) in [6.07, 6.45) is 0.267. The number of carbonyl (C=O) groups excluding carboxylic acids is 1. The summed E-state index contributed by atoms with van der Waals surface area (Å²) in [7, 11) is 0. The first-order valence-electron chi connectivity index (χ1n) is 8.67. The summed E-state index contributed by atoms with van der Waals surface area (Å²) in [5, 5.41) is 25.5. The lowest BCUT2D eigenvalue weighted by Gasteiger charge is -2.31. The number of benzene rings is 1. The van der Waals surface area contributed by atoms with Gasteiger partial charge in [-0.1, -0.05) is 43.7 Å². The molecule has 1 rings (SSSR count). The van der Waals surface area contributed by atoms with Crippen molar-refractivity contribution in [1.82, 2.24) is 10.6 Å². The molecule has 4 N–H and O–H groups in total. The molecule has 0 saturated carbocycles. The van der Waals surface area contributed by atoms with Gasteiger partial charge in [0.05, 0.1) is 0 Å². The molecule has 0 fully saturated rings. The summed E-state index contributed by atoms with van der Waals surface area (Å²) >= 11 is 0. The number of nitrogens with one attached hydrogen (secondary N) is 2. The molecule has 1 amide bonds. The number of carboxylic acids is 1. The summed E-state index contributed by atoms with van der Waals surface area (Å²) in [6.45, 7) is 7.83. The fourth-order valence-corrected chi connectivity index (χ4v) is 2.67. The lowest BCUT2D eigenvalue weighted by Crippen LogP contribution is -2.56. The zero-order chi connectivity index (χ0) is 19.0. The SMILES string of the molecule is CCCC(NC(C)(C)C)C(O)C(=O)NC(Cc1ccccc1)C(=O)O. The van der Waals surface area contributed by atoms with Crippen molar-refractivity contribution >= 4 is 11.9 Å². The lowest BCUT2D eigenvalue weighted by atomic mass is 9.99. The number of hydrogen-bond donors (Lipinski definition) is 4. The fourth-order valence-electron chi connectivity index (χ4n) is 2.67. The minimum atomic E-state index is -1.31. The minimum Gasteiger partial charge on any atom is -0.480 e. The summed E-state index contributed by atoms with van der Waals surface area (Å²) in [5.74, 6) is -1.79. The molecule has 3 atom stereocenters. The molecular weight excluding hydrogens is 320 g/mol. The molecule has 0 spiro atoms. The van der Waals surface area contributed by atoms with Crippen molar-refractivity contribution in [2.45, 2.75) is 70.7 Å². The van der Waals surface area contributed by atoms with E-state index in [4.69, 9.17) is 0 Å². The van der Waals surface area contributed by atoms with Crippen LogP contribution >= 0.6 is 0 Å². The summed E-state index contributed by atoms with van der Waals surface area (Å²) in [4.78, 5) is 23.9. The topological polar surface area (TPSA) is 98.7 Å². The molecule has 0 aliphatic heterocycles. The first kappa shape index (κ1) is 21.1. The highest BCUT2D eigenvalue weighted by Crippen LogP contribution is 2.11. The van der Waals surface area contributed by atoms with Gasteiger partial charge >= 0.3 is 5.97 Å². The molecule has 1 aromatic carbocycles. The van der Waals surface area contributed by atoms with Crippen LogP contribution in [0.2, 0.25) is 0 Å². The van der Waals surface area contributed by atoms with Crippen LogP contribution in [-0.4, -0.2) is 45.8 Å². The molecule has 0 bridgehead atoms. The van der Waals surface area contributed by atoms with Gasteiger partial charge in [0, 0.05) is 18.0 Å². The monoisotopic (exact) mass is 350 g/mol. The van der Waals surface area contributed by atoms with Crippen LogP contribution in [0.5, 0.6) is 0 Å². The predicted molar refractivity (Wildman–Crippen MR) is 97.3 cm³/mol. The zero-order valence-electron chi connectivity index (χ0n) is 15.5. The maximum Gasteiger partial charge on any atom is 0.326 e. The number of aliphatic hydroxyl groups excluding tert-OH is 1. The number of aliphatic hydroxyl groups is 1. The van der Waals surface area contributed by atoms with E-state index < -0.39 is 30.1 Å². The first-order chi connectivity index (χ1) is 11.6. The van der Waals surface area contributed by atoms with Crippen molar-refractivity contribution in [3.63, 3.8) is 0 Å². The van der Waals surface area contributed by atoms with Crippen molar-refractivity contribution in [1.29, 1.82) is 0 Å². The molecule has 0 aliphatic carbocycles. The normalized spacial score (nSPS) is 15.2. The van der Waals surface area contributed by atoms with Crippen molar-refractivity contribution in [3.8, 4) is 0 Å². The Balaban J connectivity index is 2.78. The van der Waals surface area contributed by atoms with E-state index in [2.05, 4.69) is 10.6 Å². The zero-order valence-corrected chi connectivity index (χ0v) is 15.5. The van der Waals surface area contributed by atoms with Crippen molar-refractivity contribution in [3.05, 3.63) is 35.9 Å². The van der Waals surface area contributed by atoms with E-state index in [1.54, 1.807) is 12.1 Å². The van der Waals surface area contributed by atoms with Gasteiger partial charge in [0.2, 0.25) is 0 Å². The van der Waals surface area contributed by atoms with Gasteiger partial charge in [0.25, 0.3) is 5.91 Å². The molecule has 25 heavy (non-hydrogen) atoms. The first-order valence-corrected chi connectivity index (χ1v) is 8.67. The van der Waals surface area contributed by atoms with Gasteiger partial charge in [-0.2, -0.15) is 0 Å². The van der Waals surface area contributed by atoms with E-state index in [-0.39, 0.29) is 12.0 Å². The van der Waals surface area contributed by atoms with E-state index in [1.807, 2.05) is 45.9 Å². The molecule has 0 heterocycles. The van der Waals surface area contributed by atoms with Gasteiger partial charge in [0.15, 0.2) is 0 Å². The number of carbonyl (C=O) groups is 2. The van der Waals surface area contributed by atoms with Gasteiger partial charge in [-0.25, -0.2) is 4.79 Å². The molecule has 3 unspecified atom stereocenters. The van der Waals surface area contributed by atoms with E-state index in [0.717, 1.165) is 12.0 Å². The van der Waals surface area contributed by atoms with Gasteiger partial charge in [-0.3, -0.25) is 4.79 Å². The van der Waals surface area contributed by atoms with E-state index >= 15 is 0 Å². The quantitative estimate of drug-likeness (QED) is 0.543. The predicted octanol–water partition coefficient (Wildman–Crippen LogP) is 1.72. The molecule has 1 aromatic rings. The van der Waals surface area contributed by atoms with Crippen LogP contribution in [0, 0.1) is 0 Å². The number of hydrogen-bond acceptors (Lipinski definition) is 4. The Bertz CT molecular complexity index is 554. The van der Waals surface area contributed by atoms with E-state index in [1.165, 1.54) is 0 Å². The summed E-state index contributed by atoms with van der Waals surface area (Å²) in [6, 6.07) is 7.57. The number of rotatable bonds is 9. The maximum absolute atomic E-state index is 12.4. The van der Waals surface area contributed by atoms with E-state index in [9.17, 15) is 19.8 Å². The molecule has 0 saturated heterocycles. The Morgan fingerprint density at radius 3 is 2.24 bits per heavy atom. The highest BCUT2D eigenvalue weighted by Gasteiger charge is 2.31. The Labute approximate surface area is 149 Å². The van der Waals surface area contributed by atoms with Crippen LogP contribution in [0.3, 0.4) is 0 Å². The van der Waals surface area contributed by atoms with Gasteiger partial charge in [0.1, 0.15) is 12.1 Å². The molecule has 0 radical (unpaired) electrons. The van der Waals surface area contributed by atoms with Crippen molar-refractivity contribution in [2.75, 3.05) is 0 Å². The Morgan fingerprint density at radius 2 is 1.76 bits per heavy atom. The third-order valence-electron chi connectivity index (χ3n) is 3.77. The van der Waals surface area contributed by atoms with E-state index in [0.29, 0.717) is 6.42 Å². The van der Waals surface area contributed by atoms with Crippen LogP contribution in [0.4, 0.5) is 0 Å². The highest BCUT2D eigenvalue weighted by atomic mass is 16.4. The average Bonchev–Trinajstić information content (AvgIpc) is 2.52. The molecule has 0 aliphatic rings. The van der Waals surface area contributed by atoms with Crippen LogP contribution in [0.1, 0.15) is 46.1 Å². The largest absolute Gasteiger partial charge is 0.480 e. The van der Waals surface area contributed by atoms with Crippen molar-refractivity contribution in [2.24, 2.45) is 0 Å². The minimum absolute atomic E-state index is 0.166. The second-order valence-electron chi connectivity index (χ2n) is 7.32. The number of amides is 1. The molecule has 6 nitrogen and oxygen atoms in total. The summed E-state index contributed by atoms with van der Waals surface area (Å²) < 4.78 is 0. The molecule has 0 aromatic heterocycles. The van der Waals surface area contributed by atoms with Gasteiger partial charge < -0.3 is 20.8 Å². The standard InChI is InChI=1S/C19H30N2O4/c1-5-9-14(21-19(2,3)4)16(22)17(23)20-15(18(24)25)12-13-10-7-6-8-11-13/h6-8,10-11,14-16,21-22H,5,9,12H2,1-4H3,(H,20,23)(H,24,25). The Hall–Kier alpha value is -1.92. The van der Waals surface area contributed by atoms with Crippen LogP contribution in [0.25, 0.3) is 0 Å². The lowest BCUT2D eigenvalue weighted by molar-refractivity contribution is -0.143. The molecule has 6 heteroatoms. The molecular formula is C19H30N2O4. The third kappa shape index (κ3) is 7.67. The summed E-state index contributed by atoms with van der Waals surface area (Å²) in [5.41, 5.74) is 0.541. The van der Waals surface area contributed by atoms with Crippen LogP contribution in [-0.2, 0) is 16.0 Å². The number of carboxylic acid groups (broad SMARTS) is 1. The fraction of sp³-hybridized carbons (Fsp3) is 0.579. The Kier molecular flexibility index (Phi) is 8.06. The number of aliphatic carboxylic acids is 1. The van der Waals surface area contributed by atoms with Crippen LogP contribution in [0.15, 0.2) is 30.3 Å². The van der Waals surface area contributed by atoms with Gasteiger partial charge in [-0.15, -0.1) is 0 Å². The highest BCUT2D eigenvalue weighted by molar-refractivity contribution is 5.86. The average molecular weight is 350 g/mol. The Morgan fingerprint density at radius 1 is 1.16 bits per heavy atom. The molecule has 140 valence electrons. The van der Waals surface area contributed by atoms with Crippen molar-refractivity contribution < 1.29 is 19.8 Å². The second kappa shape index (κ2) is 9.53. The van der Waals surface area contributed by atoms with Gasteiger partial charge in [-0.05, 0) is 32.8 Å². The third-order valence-corrected chi connectivity index (χ3v) is 3.77. The van der Waals surface area contributed by atoms with Crippen LogP contribution < -0.4 is 10.6 Å². The maximum atomic E-state index is 12.4. The smallest absolute Gasteiger partial charge is 0.326 e.